The second-order valence-corrected chi connectivity index (χ2v) is 7.02. The number of fused-ring (bicyclic) bond motifs is 1. The summed E-state index contributed by atoms with van der Waals surface area (Å²) in [6.45, 7) is 3.82. The highest BCUT2D eigenvalue weighted by Gasteiger charge is 2.22. The van der Waals surface area contributed by atoms with Crippen LogP contribution in [0.2, 0.25) is 0 Å². The third-order valence-electron chi connectivity index (χ3n) is 4.98. The molecule has 1 aliphatic rings. The SMILES string of the molecule is COc1cc2ncnc(N3CCN(C(=S)NCc4ccco4)CC3)c2cc1OC. The molecule has 0 saturated carbocycles. The number of methoxy groups -OCH3 is 2. The topological polar surface area (TPSA) is 75.9 Å². The molecule has 0 unspecified atom stereocenters. The molecule has 3 aromatic rings. The molecule has 9 heteroatoms. The van der Waals surface area contributed by atoms with Crippen molar-refractivity contribution < 1.29 is 13.9 Å². The lowest BCUT2D eigenvalue weighted by Crippen LogP contribution is -2.51. The van der Waals surface area contributed by atoms with Crippen molar-refractivity contribution in [1.29, 1.82) is 0 Å². The van der Waals surface area contributed by atoms with E-state index in [1.54, 1.807) is 26.8 Å². The van der Waals surface area contributed by atoms with Crippen molar-refractivity contribution >= 4 is 34.1 Å². The third-order valence-corrected chi connectivity index (χ3v) is 5.38. The Morgan fingerprint density at radius 2 is 1.90 bits per heavy atom. The average molecular weight is 414 g/mol. The van der Waals surface area contributed by atoms with Gasteiger partial charge in [0.1, 0.15) is 17.9 Å². The number of ether oxygens (including phenoxy) is 2. The van der Waals surface area contributed by atoms with Crippen molar-refractivity contribution in [1.82, 2.24) is 20.2 Å². The van der Waals surface area contributed by atoms with Gasteiger partial charge in [0.25, 0.3) is 0 Å². The molecule has 1 aliphatic heterocycles. The molecule has 29 heavy (non-hydrogen) atoms. The van der Waals surface area contributed by atoms with E-state index in [0.29, 0.717) is 18.0 Å². The number of thiocarbonyl (C=S) groups is 1. The lowest BCUT2D eigenvalue weighted by Gasteiger charge is -2.37. The molecule has 4 rings (SSSR count). The summed E-state index contributed by atoms with van der Waals surface area (Å²) in [7, 11) is 3.25. The van der Waals surface area contributed by atoms with Crippen LogP contribution >= 0.6 is 12.2 Å². The van der Waals surface area contributed by atoms with Crippen LogP contribution in [0.1, 0.15) is 5.76 Å². The fraction of sp³-hybridized carbons (Fsp3) is 0.350. The first-order valence-corrected chi connectivity index (χ1v) is 9.77. The van der Waals surface area contributed by atoms with Crippen LogP contribution in [0.3, 0.4) is 0 Å². The van der Waals surface area contributed by atoms with Crippen molar-refractivity contribution in [2.24, 2.45) is 0 Å². The number of piperazine rings is 1. The Bertz CT molecular complexity index is 987. The Morgan fingerprint density at radius 3 is 2.59 bits per heavy atom. The van der Waals surface area contributed by atoms with E-state index < -0.39 is 0 Å². The number of aromatic nitrogens is 2. The van der Waals surface area contributed by atoms with E-state index in [1.165, 1.54) is 0 Å². The highest BCUT2D eigenvalue weighted by molar-refractivity contribution is 7.80. The normalized spacial score (nSPS) is 14.1. The fourth-order valence-electron chi connectivity index (χ4n) is 3.43. The molecular formula is C20H23N5O3S. The van der Waals surface area contributed by atoms with Crippen molar-refractivity contribution in [3.8, 4) is 11.5 Å². The molecule has 0 atom stereocenters. The highest BCUT2D eigenvalue weighted by Crippen LogP contribution is 2.34. The smallest absolute Gasteiger partial charge is 0.169 e. The van der Waals surface area contributed by atoms with Crippen LogP contribution in [0, 0.1) is 0 Å². The lowest BCUT2D eigenvalue weighted by molar-refractivity contribution is 0.355. The lowest BCUT2D eigenvalue weighted by atomic mass is 10.2. The van der Waals surface area contributed by atoms with Crippen LogP contribution < -0.4 is 19.7 Å². The van der Waals surface area contributed by atoms with Crippen molar-refractivity contribution in [2.45, 2.75) is 6.54 Å². The Balaban J connectivity index is 1.45. The Kier molecular flexibility index (Phi) is 5.66. The maximum atomic E-state index is 5.54. The van der Waals surface area contributed by atoms with Crippen LogP contribution in [0.5, 0.6) is 11.5 Å². The zero-order valence-corrected chi connectivity index (χ0v) is 17.2. The average Bonchev–Trinajstić information content (AvgIpc) is 3.30. The zero-order chi connectivity index (χ0) is 20.2. The maximum Gasteiger partial charge on any atom is 0.169 e. The number of hydrogen-bond donors (Lipinski definition) is 1. The third kappa shape index (κ3) is 4.04. The number of hydrogen-bond acceptors (Lipinski definition) is 7. The molecular weight excluding hydrogens is 390 g/mol. The molecule has 1 saturated heterocycles. The first-order chi connectivity index (χ1) is 14.2. The van der Waals surface area contributed by atoms with Gasteiger partial charge in [0.15, 0.2) is 16.6 Å². The Hall–Kier alpha value is -3.07. The summed E-state index contributed by atoms with van der Waals surface area (Å²) in [4.78, 5) is 13.3. The van der Waals surface area contributed by atoms with Crippen LogP contribution in [-0.4, -0.2) is 60.4 Å². The van der Waals surface area contributed by atoms with Gasteiger partial charge in [-0.05, 0) is 30.4 Å². The summed E-state index contributed by atoms with van der Waals surface area (Å²) < 4.78 is 16.2. The minimum Gasteiger partial charge on any atom is -0.493 e. The molecule has 1 aromatic carbocycles. The van der Waals surface area contributed by atoms with E-state index in [-0.39, 0.29) is 0 Å². The van der Waals surface area contributed by atoms with E-state index in [9.17, 15) is 0 Å². The molecule has 1 N–H and O–H groups in total. The molecule has 3 heterocycles. The predicted molar refractivity (Wildman–Crippen MR) is 115 cm³/mol. The van der Waals surface area contributed by atoms with E-state index in [4.69, 9.17) is 26.1 Å². The number of benzene rings is 1. The van der Waals surface area contributed by atoms with Crippen molar-refractivity contribution in [3.05, 3.63) is 42.6 Å². The Labute approximate surface area is 174 Å². The molecule has 0 bridgehead atoms. The number of nitrogens with zero attached hydrogens (tertiary/aromatic N) is 4. The van der Waals surface area contributed by atoms with Gasteiger partial charge in [-0.2, -0.15) is 0 Å². The van der Waals surface area contributed by atoms with Crippen molar-refractivity contribution in [2.75, 3.05) is 45.3 Å². The van der Waals surface area contributed by atoms with E-state index in [0.717, 1.165) is 53.8 Å². The van der Waals surface area contributed by atoms with E-state index in [2.05, 4.69) is 25.1 Å². The second-order valence-electron chi connectivity index (χ2n) is 6.63. The Morgan fingerprint density at radius 1 is 1.14 bits per heavy atom. The van der Waals surface area contributed by atoms with Gasteiger partial charge in [-0.15, -0.1) is 0 Å². The summed E-state index contributed by atoms with van der Waals surface area (Å²) >= 11 is 5.54. The second kappa shape index (κ2) is 8.52. The standard InChI is InChI=1S/C20H23N5O3S/c1-26-17-10-15-16(11-18(17)27-2)22-13-23-19(15)24-5-7-25(8-6-24)20(29)21-12-14-4-3-9-28-14/h3-4,9-11,13H,5-8,12H2,1-2H3,(H,21,29). The van der Waals surface area contributed by atoms with Crippen LogP contribution in [0.25, 0.3) is 10.9 Å². The molecule has 0 spiro atoms. The van der Waals surface area contributed by atoms with Gasteiger partial charge in [-0.3, -0.25) is 0 Å². The van der Waals surface area contributed by atoms with Gasteiger partial charge in [0, 0.05) is 37.6 Å². The predicted octanol–water partition coefficient (Wildman–Crippen LogP) is 2.44. The van der Waals surface area contributed by atoms with E-state index in [1.807, 2.05) is 24.3 Å². The van der Waals surface area contributed by atoms with Gasteiger partial charge < -0.3 is 29.0 Å². The first kappa shape index (κ1) is 19.3. The molecule has 2 aromatic heterocycles. The molecule has 0 radical (unpaired) electrons. The fourth-order valence-corrected chi connectivity index (χ4v) is 3.69. The maximum absolute atomic E-state index is 5.54. The molecule has 152 valence electrons. The summed E-state index contributed by atoms with van der Waals surface area (Å²) in [5.41, 5.74) is 0.825. The van der Waals surface area contributed by atoms with Crippen molar-refractivity contribution in [3.63, 3.8) is 0 Å². The summed E-state index contributed by atoms with van der Waals surface area (Å²) in [6.07, 6.45) is 3.25. The van der Waals surface area contributed by atoms with Gasteiger partial charge in [0.05, 0.1) is 32.5 Å². The quantitative estimate of drug-likeness (QED) is 0.635. The molecule has 0 aliphatic carbocycles. The van der Waals surface area contributed by atoms with Gasteiger partial charge in [-0.1, -0.05) is 0 Å². The van der Waals surface area contributed by atoms with Gasteiger partial charge >= 0.3 is 0 Å². The highest BCUT2D eigenvalue weighted by atomic mass is 32.1. The first-order valence-electron chi connectivity index (χ1n) is 9.36. The largest absolute Gasteiger partial charge is 0.493 e. The minimum atomic E-state index is 0.588. The molecule has 8 nitrogen and oxygen atoms in total. The zero-order valence-electron chi connectivity index (χ0n) is 16.4. The van der Waals surface area contributed by atoms with Gasteiger partial charge in [-0.25, -0.2) is 9.97 Å². The van der Waals surface area contributed by atoms with Gasteiger partial charge in [0.2, 0.25) is 0 Å². The number of nitrogens with one attached hydrogen (secondary N) is 1. The number of anilines is 1. The summed E-state index contributed by atoms with van der Waals surface area (Å²) in [6, 6.07) is 7.61. The van der Waals surface area contributed by atoms with E-state index >= 15 is 0 Å². The summed E-state index contributed by atoms with van der Waals surface area (Å²) in [5.74, 6) is 3.08. The minimum absolute atomic E-state index is 0.588. The monoisotopic (exact) mass is 413 g/mol. The number of rotatable bonds is 5. The summed E-state index contributed by atoms with van der Waals surface area (Å²) in [5, 5.41) is 4.93. The van der Waals surface area contributed by atoms with Crippen LogP contribution in [0.15, 0.2) is 41.3 Å². The molecule has 0 amide bonds. The van der Waals surface area contributed by atoms with Crippen LogP contribution in [0.4, 0.5) is 5.82 Å². The van der Waals surface area contributed by atoms with Crippen LogP contribution in [-0.2, 0) is 6.54 Å². The molecule has 1 fully saturated rings. The number of furan rings is 1.